The summed E-state index contributed by atoms with van der Waals surface area (Å²) in [6.07, 6.45) is 5.56. The van der Waals surface area contributed by atoms with E-state index in [1.165, 1.54) is 30.6 Å². The van der Waals surface area contributed by atoms with Gasteiger partial charge in [-0.2, -0.15) is 0 Å². The van der Waals surface area contributed by atoms with Crippen LogP contribution in [0.1, 0.15) is 24.1 Å². The summed E-state index contributed by atoms with van der Waals surface area (Å²) in [4.78, 5) is 9.52. The van der Waals surface area contributed by atoms with Crippen LogP contribution in [0, 0.1) is 0 Å². The van der Waals surface area contributed by atoms with Crippen LogP contribution >= 0.6 is 0 Å². The Balaban J connectivity index is 1.48. The molecule has 122 valence electrons. The number of likely N-dealkylation sites (N-methyl/N-ethyl adjacent to an activating group) is 1. The molecule has 0 radical (unpaired) electrons. The Morgan fingerprint density at radius 3 is 2.74 bits per heavy atom. The minimum Gasteiger partial charge on any atom is -0.304 e. The highest BCUT2D eigenvalue weighted by molar-refractivity contribution is 5.14. The molecule has 3 nitrogen and oxygen atoms in total. The van der Waals surface area contributed by atoms with Gasteiger partial charge in [-0.25, -0.2) is 0 Å². The quantitative estimate of drug-likeness (QED) is 0.783. The molecule has 1 saturated heterocycles. The average molecular weight is 309 g/mol. The van der Waals surface area contributed by atoms with Gasteiger partial charge in [-0.05, 0) is 44.1 Å². The lowest BCUT2D eigenvalue weighted by Gasteiger charge is -2.28. The van der Waals surface area contributed by atoms with E-state index in [0.717, 1.165) is 26.1 Å². The van der Waals surface area contributed by atoms with Gasteiger partial charge in [0.2, 0.25) is 0 Å². The summed E-state index contributed by atoms with van der Waals surface area (Å²) in [5.74, 6) is 0. The minimum absolute atomic E-state index is 0.684. The van der Waals surface area contributed by atoms with Crippen molar-refractivity contribution < 1.29 is 0 Å². The summed E-state index contributed by atoms with van der Waals surface area (Å²) >= 11 is 0. The topological polar surface area (TPSA) is 19.4 Å². The van der Waals surface area contributed by atoms with E-state index in [9.17, 15) is 0 Å². The Morgan fingerprint density at radius 2 is 1.96 bits per heavy atom. The van der Waals surface area contributed by atoms with Crippen LogP contribution in [-0.4, -0.2) is 47.5 Å². The van der Waals surface area contributed by atoms with Crippen molar-refractivity contribution in [2.45, 2.75) is 31.8 Å². The van der Waals surface area contributed by atoms with Crippen LogP contribution in [-0.2, 0) is 13.0 Å². The summed E-state index contributed by atoms with van der Waals surface area (Å²) < 4.78 is 0. The summed E-state index contributed by atoms with van der Waals surface area (Å²) in [5.41, 5.74) is 2.61. The van der Waals surface area contributed by atoms with Crippen LogP contribution in [0.15, 0.2) is 54.7 Å². The highest BCUT2D eigenvalue weighted by Gasteiger charge is 2.25. The molecule has 0 spiro atoms. The number of rotatable bonds is 7. The first kappa shape index (κ1) is 16.2. The van der Waals surface area contributed by atoms with Crippen molar-refractivity contribution >= 4 is 0 Å². The molecule has 1 aliphatic heterocycles. The van der Waals surface area contributed by atoms with Crippen LogP contribution in [0.4, 0.5) is 0 Å². The van der Waals surface area contributed by atoms with E-state index in [-0.39, 0.29) is 0 Å². The molecule has 3 rings (SSSR count). The first-order valence-electron chi connectivity index (χ1n) is 8.68. The van der Waals surface area contributed by atoms with Gasteiger partial charge >= 0.3 is 0 Å². The number of pyridine rings is 1. The van der Waals surface area contributed by atoms with Crippen LogP contribution in [0.2, 0.25) is 0 Å². The largest absolute Gasteiger partial charge is 0.304 e. The second-order valence-corrected chi connectivity index (χ2v) is 6.59. The van der Waals surface area contributed by atoms with Gasteiger partial charge in [-0.3, -0.25) is 9.88 Å². The molecule has 1 atom stereocenters. The third kappa shape index (κ3) is 4.88. The summed E-state index contributed by atoms with van der Waals surface area (Å²) in [7, 11) is 2.24. The maximum Gasteiger partial charge on any atom is 0.0416 e. The van der Waals surface area contributed by atoms with Crippen molar-refractivity contribution in [3.63, 3.8) is 0 Å². The van der Waals surface area contributed by atoms with Gasteiger partial charge in [-0.15, -0.1) is 0 Å². The van der Waals surface area contributed by atoms with Gasteiger partial charge in [0.1, 0.15) is 0 Å². The van der Waals surface area contributed by atoms with Gasteiger partial charge in [0.15, 0.2) is 0 Å². The lowest BCUT2D eigenvalue weighted by Crippen LogP contribution is -2.39. The smallest absolute Gasteiger partial charge is 0.0416 e. The highest BCUT2D eigenvalue weighted by atomic mass is 15.2. The van der Waals surface area contributed by atoms with Crippen molar-refractivity contribution in [2.24, 2.45) is 0 Å². The fourth-order valence-corrected chi connectivity index (χ4v) is 3.43. The molecule has 1 fully saturated rings. The fourth-order valence-electron chi connectivity index (χ4n) is 3.43. The Morgan fingerprint density at radius 1 is 1.13 bits per heavy atom. The monoisotopic (exact) mass is 309 g/mol. The normalized spacial score (nSPS) is 18.6. The van der Waals surface area contributed by atoms with Crippen LogP contribution in [0.5, 0.6) is 0 Å². The van der Waals surface area contributed by atoms with Crippen molar-refractivity contribution in [1.29, 1.82) is 0 Å². The summed E-state index contributed by atoms with van der Waals surface area (Å²) in [5, 5.41) is 0. The molecule has 0 saturated carbocycles. The van der Waals surface area contributed by atoms with E-state index >= 15 is 0 Å². The van der Waals surface area contributed by atoms with Gasteiger partial charge < -0.3 is 4.90 Å². The maximum atomic E-state index is 4.42. The Hall–Kier alpha value is -1.71. The number of nitrogens with zero attached hydrogens (tertiary/aromatic N) is 3. The Kier molecular flexibility index (Phi) is 5.78. The molecule has 1 aliphatic rings. The first-order valence-corrected chi connectivity index (χ1v) is 8.68. The lowest BCUT2D eigenvalue weighted by molar-refractivity contribution is 0.186. The second-order valence-electron chi connectivity index (χ2n) is 6.59. The van der Waals surface area contributed by atoms with E-state index in [0.29, 0.717) is 6.04 Å². The second kappa shape index (κ2) is 8.23. The third-order valence-electron chi connectivity index (χ3n) is 4.73. The number of aromatic nitrogens is 1. The summed E-state index contributed by atoms with van der Waals surface area (Å²) in [6, 6.07) is 17.7. The zero-order chi connectivity index (χ0) is 15.9. The standard InChI is InChI=1S/C20H27N3/c1-22(15-12-19-10-5-6-13-21-19)17-20-11-7-14-23(20)16-18-8-3-2-4-9-18/h2-6,8-10,13,20H,7,11-12,14-17H2,1H3/t20-/m1/s1. The number of benzene rings is 1. The average Bonchev–Trinajstić information content (AvgIpc) is 3.02. The van der Waals surface area contributed by atoms with Crippen LogP contribution in [0.3, 0.4) is 0 Å². The molecule has 0 unspecified atom stereocenters. The first-order chi connectivity index (χ1) is 11.3. The predicted octanol–water partition coefficient (Wildman–Crippen LogP) is 3.22. The molecule has 0 bridgehead atoms. The molecule has 2 aromatic rings. The number of hydrogen-bond donors (Lipinski definition) is 0. The van der Waals surface area contributed by atoms with Crippen molar-refractivity contribution in [1.82, 2.24) is 14.8 Å². The predicted molar refractivity (Wildman–Crippen MR) is 95.3 cm³/mol. The molecule has 2 heterocycles. The van der Waals surface area contributed by atoms with E-state index < -0.39 is 0 Å². The Bertz CT molecular complexity index is 570. The van der Waals surface area contributed by atoms with Gasteiger partial charge in [0.05, 0.1) is 0 Å². The Labute approximate surface area is 140 Å². The van der Waals surface area contributed by atoms with Crippen LogP contribution < -0.4 is 0 Å². The van der Waals surface area contributed by atoms with E-state index in [1.54, 1.807) is 0 Å². The molecule has 0 aliphatic carbocycles. The molecule has 23 heavy (non-hydrogen) atoms. The van der Waals surface area contributed by atoms with Gasteiger partial charge in [-0.1, -0.05) is 36.4 Å². The van der Waals surface area contributed by atoms with Crippen LogP contribution in [0.25, 0.3) is 0 Å². The highest BCUT2D eigenvalue weighted by Crippen LogP contribution is 2.20. The molecule has 0 amide bonds. The third-order valence-corrected chi connectivity index (χ3v) is 4.73. The molecule has 3 heteroatoms. The molecular weight excluding hydrogens is 282 g/mol. The SMILES string of the molecule is CN(CCc1ccccn1)C[C@H]1CCCN1Cc1ccccc1. The summed E-state index contributed by atoms with van der Waals surface area (Å²) in [6.45, 7) is 4.54. The van der Waals surface area contributed by atoms with E-state index in [4.69, 9.17) is 0 Å². The van der Waals surface area contributed by atoms with E-state index in [1.807, 2.05) is 12.3 Å². The number of likely N-dealkylation sites (tertiary alicyclic amines) is 1. The minimum atomic E-state index is 0.684. The maximum absolute atomic E-state index is 4.42. The molecular formula is C20H27N3. The van der Waals surface area contributed by atoms with Crippen molar-refractivity contribution in [2.75, 3.05) is 26.7 Å². The lowest BCUT2D eigenvalue weighted by atomic mass is 10.1. The van der Waals surface area contributed by atoms with Gasteiger partial charge in [0, 0.05) is 44.0 Å². The van der Waals surface area contributed by atoms with Crippen molar-refractivity contribution in [3.8, 4) is 0 Å². The molecule has 1 aromatic carbocycles. The molecule has 0 N–H and O–H groups in total. The molecule has 1 aromatic heterocycles. The zero-order valence-corrected chi connectivity index (χ0v) is 14.1. The number of hydrogen-bond acceptors (Lipinski definition) is 3. The van der Waals surface area contributed by atoms with Gasteiger partial charge in [0.25, 0.3) is 0 Å². The fraction of sp³-hybridized carbons (Fsp3) is 0.450. The van der Waals surface area contributed by atoms with Crippen molar-refractivity contribution in [3.05, 3.63) is 66.0 Å². The zero-order valence-electron chi connectivity index (χ0n) is 14.1. The van der Waals surface area contributed by atoms with E-state index in [2.05, 4.69) is 64.3 Å².